The van der Waals surface area contributed by atoms with E-state index >= 15 is 0 Å². The van der Waals surface area contributed by atoms with Crippen LogP contribution in [0.5, 0.6) is 0 Å². The van der Waals surface area contributed by atoms with Gasteiger partial charge in [-0.3, -0.25) is 0 Å². The molecule has 0 saturated carbocycles. The summed E-state index contributed by atoms with van der Waals surface area (Å²) < 4.78 is 32.0. The Labute approximate surface area is 116 Å². The van der Waals surface area contributed by atoms with Crippen molar-refractivity contribution in [2.45, 2.75) is 32.3 Å². The highest BCUT2D eigenvalue weighted by atomic mass is 32.2. The number of nitrogens with zero attached hydrogens (tertiary/aromatic N) is 1. The van der Waals surface area contributed by atoms with Crippen molar-refractivity contribution in [1.82, 2.24) is 9.62 Å². The van der Waals surface area contributed by atoms with Gasteiger partial charge in [0.05, 0.1) is 11.9 Å². The van der Waals surface area contributed by atoms with Crippen LogP contribution in [0.25, 0.3) is 0 Å². The van der Waals surface area contributed by atoms with Crippen molar-refractivity contribution in [3.8, 4) is 0 Å². The molecule has 0 aromatic rings. The van der Waals surface area contributed by atoms with E-state index in [4.69, 9.17) is 4.74 Å². The van der Waals surface area contributed by atoms with Crippen molar-refractivity contribution >= 4 is 10.0 Å². The van der Waals surface area contributed by atoms with Gasteiger partial charge in [-0.15, -0.1) is 0 Å². The van der Waals surface area contributed by atoms with Gasteiger partial charge in [0, 0.05) is 20.2 Å². The van der Waals surface area contributed by atoms with Crippen LogP contribution in [0.1, 0.15) is 26.2 Å². The second-order valence-electron chi connectivity index (χ2n) is 5.89. The van der Waals surface area contributed by atoms with E-state index < -0.39 is 10.0 Å². The molecule has 0 amide bonds. The molecule has 2 fully saturated rings. The van der Waals surface area contributed by atoms with Gasteiger partial charge in [0.1, 0.15) is 0 Å². The number of methoxy groups -OCH3 is 1. The number of hydrogen-bond donors (Lipinski definition) is 1. The Morgan fingerprint density at radius 3 is 2.79 bits per heavy atom. The van der Waals surface area contributed by atoms with Crippen molar-refractivity contribution in [3.05, 3.63) is 0 Å². The van der Waals surface area contributed by atoms with Crippen molar-refractivity contribution in [2.24, 2.45) is 11.8 Å². The van der Waals surface area contributed by atoms with E-state index in [1.54, 1.807) is 11.4 Å². The standard InChI is InChI=1S/C13H26N2O3S/c1-11-5-7-15(9-13(11)18-2)19(16,17)10-12-4-3-6-14-8-12/h11-14H,3-10H2,1-2H3. The minimum absolute atomic E-state index is 0.0352. The van der Waals surface area contributed by atoms with Gasteiger partial charge in [-0.2, -0.15) is 4.31 Å². The Morgan fingerprint density at radius 2 is 2.16 bits per heavy atom. The molecule has 112 valence electrons. The summed E-state index contributed by atoms with van der Waals surface area (Å²) in [5, 5.41) is 3.28. The summed E-state index contributed by atoms with van der Waals surface area (Å²) in [4.78, 5) is 0. The van der Waals surface area contributed by atoms with Crippen LogP contribution >= 0.6 is 0 Å². The monoisotopic (exact) mass is 290 g/mol. The van der Waals surface area contributed by atoms with E-state index in [0.717, 1.165) is 32.4 Å². The molecule has 3 unspecified atom stereocenters. The van der Waals surface area contributed by atoms with Crippen molar-refractivity contribution in [3.63, 3.8) is 0 Å². The average molecular weight is 290 g/mol. The zero-order chi connectivity index (χ0) is 13.9. The molecule has 2 aliphatic heterocycles. The van der Waals surface area contributed by atoms with Gasteiger partial charge in [-0.25, -0.2) is 8.42 Å². The lowest BCUT2D eigenvalue weighted by molar-refractivity contribution is 0.0183. The molecule has 0 bridgehead atoms. The molecule has 5 nitrogen and oxygen atoms in total. The Kier molecular flexibility index (Phi) is 5.22. The topological polar surface area (TPSA) is 58.6 Å². The van der Waals surface area contributed by atoms with Crippen molar-refractivity contribution in [1.29, 1.82) is 0 Å². The lowest BCUT2D eigenvalue weighted by Crippen LogP contribution is -2.48. The van der Waals surface area contributed by atoms with Gasteiger partial charge >= 0.3 is 0 Å². The second kappa shape index (κ2) is 6.52. The van der Waals surface area contributed by atoms with Crippen LogP contribution in [0.15, 0.2) is 0 Å². The highest BCUT2D eigenvalue weighted by molar-refractivity contribution is 7.89. The molecule has 2 rings (SSSR count). The predicted octanol–water partition coefficient (Wildman–Crippen LogP) is 0.673. The van der Waals surface area contributed by atoms with E-state index in [9.17, 15) is 8.42 Å². The van der Waals surface area contributed by atoms with E-state index in [1.165, 1.54) is 0 Å². The zero-order valence-corrected chi connectivity index (χ0v) is 12.8. The molecule has 0 radical (unpaired) electrons. The first-order chi connectivity index (χ1) is 9.03. The maximum absolute atomic E-state index is 12.5. The summed E-state index contributed by atoms with van der Waals surface area (Å²) in [5.74, 6) is 0.983. The maximum Gasteiger partial charge on any atom is 0.214 e. The lowest BCUT2D eigenvalue weighted by atomic mass is 9.97. The molecule has 3 atom stereocenters. The van der Waals surface area contributed by atoms with E-state index in [1.807, 2.05) is 0 Å². The molecular formula is C13H26N2O3S. The van der Waals surface area contributed by atoms with Gasteiger partial charge in [0.2, 0.25) is 10.0 Å². The fourth-order valence-electron chi connectivity index (χ4n) is 3.03. The Balaban J connectivity index is 1.95. The SMILES string of the molecule is COC1CN(S(=O)(=O)CC2CCCNC2)CCC1C. The number of piperidine rings is 2. The molecule has 0 aliphatic carbocycles. The highest BCUT2D eigenvalue weighted by Gasteiger charge is 2.34. The normalized spacial score (nSPS) is 34.3. The number of hydrogen-bond acceptors (Lipinski definition) is 4. The first-order valence-electron chi connectivity index (χ1n) is 7.24. The van der Waals surface area contributed by atoms with Gasteiger partial charge in [-0.1, -0.05) is 6.92 Å². The fourth-order valence-corrected chi connectivity index (χ4v) is 4.88. The Bertz CT molecular complexity index is 379. The third kappa shape index (κ3) is 3.90. The molecule has 0 aromatic heterocycles. The average Bonchev–Trinajstić information content (AvgIpc) is 2.39. The quantitative estimate of drug-likeness (QED) is 0.827. The number of sulfonamides is 1. The summed E-state index contributed by atoms with van der Waals surface area (Å²) in [7, 11) is -1.47. The van der Waals surface area contributed by atoms with Crippen molar-refractivity contribution < 1.29 is 13.2 Å². The third-order valence-corrected chi connectivity index (χ3v) is 6.40. The van der Waals surface area contributed by atoms with Gasteiger partial charge in [-0.05, 0) is 44.2 Å². The zero-order valence-electron chi connectivity index (χ0n) is 12.0. The van der Waals surface area contributed by atoms with Gasteiger partial charge in [0.25, 0.3) is 0 Å². The summed E-state index contributed by atoms with van der Waals surface area (Å²) >= 11 is 0. The maximum atomic E-state index is 12.5. The Hall–Kier alpha value is -0.170. The molecule has 6 heteroatoms. The number of rotatable bonds is 4. The summed E-state index contributed by atoms with van der Waals surface area (Å²) in [6.45, 7) is 5.13. The molecule has 19 heavy (non-hydrogen) atoms. The summed E-state index contributed by atoms with van der Waals surface area (Å²) in [5.41, 5.74) is 0. The van der Waals surface area contributed by atoms with Crippen LogP contribution < -0.4 is 5.32 Å². The third-order valence-electron chi connectivity index (χ3n) is 4.39. The van der Waals surface area contributed by atoms with Gasteiger partial charge in [0.15, 0.2) is 0 Å². The lowest BCUT2D eigenvalue weighted by Gasteiger charge is -2.36. The molecule has 2 saturated heterocycles. The number of nitrogens with one attached hydrogen (secondary N) is 1. The second-order valence-corrected chi connectivity index (χ2v) is 7.90. The minimum Gasteiger partial charge on any atom is -0.380 e. The van der Waals surface area contributed by atoms with Crippen LogP contribution in [0.4, 0.5) is 0 Å². The summed E-state index contributed by atoms with van der Waals surface area (Å²) in [6, 6.07) is 0. The van der Waals surface area contributed by atoms with Crippen LogP contribution in [0.2, 0.25) is 0 Å². The largest absolute Gasteiger partial charge is 0.380 e. The number of ether oxygens (including phenoxy) is 1. The molecule has 2 aliphatic rings. The molecule has 0 spiro atoms. The predicted molar refractivity (Wildman–Crippen MR) is 75.5 cm³/mol. The smallest absolute Gasteiger partial charge is 0.214 e. The first-order valence-corrected chi connectivity index (χ1v) is 8.85. The van der Waals surface area contributed by atoms with Gasteiger partial charge < -0.3 is 10.1 Å². The first kappa shape index (κ1) is 15.2. The summed E-state index contributed by atoms with van der Waals surface area (Å²) in [6.07, 6.45) is 3.02. The molecular weight excluding hydrogens is 264 g/mol. The van der Waals surface area contributed by atoms with Crippen LogP contribution in [-0.2, 0) is 14.8 Å². The molecule has 2 heterocycles. The minimum atomic E-state index is -3.14. The Morgan fingerprint density at radius 1 is 1.37 bits per heavy atom. The van der Waals surface area contributed by atoms with Crippen LogP contribution in [0.3, 0.4) is 0 Å². The van der Waals surface area contributed by atoms with Crippen molar-refractivity contribution in [2.75, 3.05) is 39.0 Å². The molecule has 0 aromatic carbocycles. The van der Waals surface area contributed by atoms with E-state index in [2.05, 4.69) is 12.2 Å². The molecule has 1 N–H and O–H groups in total. The van der Waals surface area contributed by atoms with Crippen LogP contribution in [0, 0.1) is 11.8 Å². The fraction of sp³-hybridized carbons (Fsp3) is 1.00. The van der Waals surface area contributed by atoms with E-state index in [-0.39, 0.29) is 17.8 Å². The highest BCUT2D eigenvalue weighted by Crippen LogP contribution is 2.23. The van der Waals surface area contributed by atoms with E-state index in [0.29, 0.717) is 19.0 Å². The van der Waals surface area contributed by atoms with Crippen LogP contribution in [-0.4, -0.2) is 57.9 Å².